The lowest BCUT2D eigenvalue weighted by Crippen LogP contribution is -1.99. The molecule has 1 unspecified atom stereocenters. The third-order valence-corrected chi connectivity index (χ3v) is 4.42. The molecular formula is C20H34O. The van der Waals surface area contributed by atoms with Crippen LogP contribution in [0.15, 0.2) is 24.3 Å². The fourth-order valence-corrected chi connectivity index (χ4v) is 3.16. The van der Waals surface area contributed by atoms with Crippen LogP contribution in [0, 0.1) is 0 Å². The monoisotopic (exact) mass is 290 g/mol. The summed E-state index contributed by atoms with van der Waals surface area (Å²) in [6.45, 7) is 4.51. The van der Waals surface area contributed by atoms with Crippen molar-refractivity contribution in [3.05, 3.63) is 29.8 Å². The van der Waals surface area contributed by atoms with Crippen molar-refractivity contribution in [1.29, 1.82) is 0 Å². The predicted octanol–water partition coefficient (Wildman–Crippen LogP) is 6.81. The second-order valence-electron chi connectivity index (χ2n) is 6.31. The Labute approximate surface area is 131 Å². The summed E-state index contributed by atoms with van der Waals surface area (Å²) in [5.41, 5.74) is 1.15. The quantitative estimate of drug-likeness (QED) is 0.419. The molecule has 0 radical (unpaired) electrons. The van der Waals surface area contributed by atoms with Crippen LogP contribution in [-0.2, 0) is 0 Å². The van der Waals surface area contributed by atoms with Gasteiger partial charge in [0.2, 0.25) is 0 Å². The van der Waals surface area contributed by atoms with E-state index < -0.39 is 0 Å². The molecule has 0 saturated carbocycles. The minimum Gasteiger partial charge on any atom is -0.508 e. The van der Waals surface area contributed by atoms with E-state index in [0.717, 1.165) is 5.56 Å². The molecule has 1 aromatic rings. The van der Waals surface area contributed by atoms with Crippen LogP contribution in [0.1, 0.15) is 96.0 Å². The van der Waals surface area contributed by atoms with Crippen LogP contribution < -0.4 is 0 Å². The van der Waals surface area contributed by atoms with E-state index in [9.17, 15) is 5.11 Å². The van der Waals surface area contributed by atoms with Gasteiger partial charge in [-0.2, -0.15) is 0 Å². The minimum absolute atomic E-state index is 0.482. The fourth-order valence-electron chi connectivity index (χ4n) is 3.16. The molecule has 0 aliphatic heterocycles. The van der Waals surface area contributed by atoms with E-state index in [1.54, 1.807) is 0 Å². The third-order valence-electron chi connectivity index (χ3n) is 4.42. The van der Waals surface area contributed by atoms with Crippen LogP contribution in [0.5, 0.6) is 5.75 Å². The summed E-state index contributed by atoms with van der Waals surface area (Å²) >= 11 is 0. The Balaban J connectivity index is 2.25. The number of phenols is 1. The summed E-state index contributed by atoms with van der Waals surface area (Å²) in [7, 11) is 0. The maximum absolute atomic E-state index is 10.0. The maximum Gasteiger partial charge on any atom is 0.119 e. The molecule has 1 aromatic carbocycles. The van der Waals surface area contributed by atoms with Crippen molar-refractivity contribution in [2.24, 2.45) is 0 Å². The fraction of sp³-hybridized carbons (Fsp3) is 0.700. The van der Waals surface area contributed by atoms with E-state index in [1.165, 1.54) is 70.6 Å². The second kappa shape index (κ2) is 11.7. The maximum atomic E-state index is 10.0. The minimum atomic E-state index is 0.482. The standard InChI is InChI=1S/C20H34O/c1-3-5-6-7-8-9-10-11-15-18(14-4-2)19-16-12-13-17-20(19)21/h12-13,16-18,21H,3-11,14-15H2,1-2H3. The van der Waals surface area contributed by atoms with Gasteiger partial charge in [0.05, 0.1) is 0 Å². The number of para-hydroxylation sites is 1. The molecule has 0 aromatic heterocycles. The van der Waals surface area contributed by atoms with Crippen LogP contribution in [0.3, 0.4) is 0 Å². The molecule has 1 N–H and O–H groups in total. The molecule has 120 valence electrons. The van der Waals surface area contributed by atoms with Gasteiger partial charge in [0, 0.05) is 0 Å². The van der Waals surface area contributed by atoms with Crippen molar-refractivity contribution < 1.29 is 5.11 Å². The first-order chi connectivity index (χ1) is 10.3. The van der Waals surface area contributed by atoms with Gasteiger partial charge < -0.3 is 5.11 Å². The SMILES string of the molecule is CCCCCCCCCCC(CCC)c1ccccc1O. The van der Waals surface area contributed by atoms with Crippen LogP contribution in [0.25, 0.3) is 0 Å². The summed E-state index contributed by atoms with van der Waals surface area (Å²) in [6.07, 6.45) is 14.6. The Morgan fingerprint density at radius 2 is 1.38 bits per heavy atom. The van der Waals surface area contributed by atoms with Crippen LogP contribution in [-0.4, -0.2) is 5.11 Å². The number of phenolic OH excluding ortho intramolecular Hbond substituents is 1. The second-order valence-corrected chi connectivity index (χ2v) is 6.31. The summed E-state index contributed by atoms with van der Waals surface area (Å²) in [5.74, 6) is 1.02. The zero-order valence-electron chi connectivity index (χ0n) is 14.1. The lowest BCUT2D eigenvalue weighted by Gasteiger charge is -2.17. The topological polar surface area (TPSA) is 20.2 Å². The van der Waals surface area contributed by atoms with Crippen molar-refractivity contribution in [2.45, 2.75) is 90.4 Å². The molecule has 0 heterocycles. The van der Waals surface area contributed by atoms with Gasteiger partial charge in [-0.05, 0) is 30.4 Å². The number of aromatic hydroxyl groups is 1. The van der Waals surface area contributed by atoms with E-state index in [2.05, 4.69) is 19.9 Å². The first kappa shape index (κ1) is 18.1. The Hall–Kier alpha value is -0.980. The highest BCUT2D eigenvalue weighted by atomic mass is 16.3. The summed E-state index contributed by atoms with van der Waals surface area (Å²) in [4.78, 5) is 0. The van der Waals surface area contributed by atoms with Crippen molar-refractivity contribution in [1.82, 2.24) is 0 Å². The molecule has 1 nitrogen and oxygen atoms in total. The summed E-state index contributed by atoms with van der Waals surface area (Å²) < 4.78 is 0. The highest BCUT2D eigenvalue weighted by Gasteiger charge is 2.13. The van der Waals surface area contributed by atoms with Crippen molar-refractivity contribution in [2.75, 3.05) is 0 Å². The average Bonchev–Trinajstić information content (AvgIpc) is 2.49. The van der Waals surface area contributed by atoms with Gasteiger partial charge in [0.15, 0.2) is 0 Å². The average molecular weight is 290 g/mol. The van der Waals surface area contributed by atoms with Crippen molar-refractivity contribution in [3.63, 3.8) is 0 Å². The Bertz CT molecular complexity index is 359. The van der Waals surface area contributed by atoms with E-state index in [-0.39, 0.29) is 0 Å². The van der Waals surface area contributed by atoms with E-state index >= 15 is 0 Å². The van der Waals surface area contributed by atoms with E-state index in [4.69, 9.17) is 0 Å². The van der Waals surface area contributed by atoms with Gasteiger partial charge in [-0.1, -0.05) is 89.8 Å². The third kappa shape index (κ3) is 7.55. The van der Waals surface area contributed by atoms with Gasteiger partial charge in [-0.3, -0.25) is 0 Å². The first-order valence-corrected chi connectivity index (χ1v) is 9.07. The van der Waals surface area contributed by atoms with E-state index in [1.807, 2.05) is 18.2 Å². The van der Waals surface area contributed by atoms with Crippen molar-refractivity contribution in [3.8, 4) is 5.75 Å². The van der Waals surface area contributed by atoms with Gasteiger partial charge in [0.25, 0.3) is 0 Å². The molecule has 0 fully saturated rings. The first-order valence-electron chi connectivity index (χ1n) is 9.07. The van der Waals surface area contributed by atoms with Gasteiger partial charge in [-0.15, -0.1) is 0 Å². The number of hydrogen-bond acceptors (Lipinski definition) is 1. The molecule has 1 atom stereocenters. The summed E-state index contributed by atoms with van der Waals surface area (Å²) in [5, 5.41) is 10.0. The number of benzene rings is 1. The lowest BCUT2D eigenvalue weighted by atomic mass is 9.88. The van der Waals surface area contributed by atoms with Gasteiger partial charge in [-0.25, -0.2) is 0 Å². The highest BCUT2D eigenvalue weighted by molar-refractivity contribution is 5.34. The molecule has 0 spiro atoms. The molecule has 0 amide bonds. The molecule has 1 rings (SSSR count). The molecule has 1 heteroatoms. The molecule has 0 bridgehead atoms. The Morgan fingerprint density at radius 3 is 2.00 bits per heavy atom. The van der Waals surface area contributed by atoms with Crippen molar-refractivity contribution >= 4 is 0 Å². The zero-order valence-corrected chi connectivity index (χ0v) is 14.1. The smallest absolute Gasteiger partial charge is 0.119 e. The van der Waals surface area contributed by atoms with E-state index in [0.29, 0.717) is 11.7 Å². The number of hydrogen-bond donors (Lipinski definition) is 1. The molecule has 21 heavy (non-hydrogen) atoms. The van der Waals surface area contributed by atoms with Crippen LogP contribution >= 0.6 is 0 Å². The highest BCUT2D eigenvalue weighted by Crippen LogP contribution is 2.33. The lowest BCUT2D eigenvalue weighted by molar-refractivity contribution is 0.444. The Morgan fingerprint density at radius 1 is 0.762 bits per heavy atom. The van der Waals surface area contributed by atoms with Gasteiger partial charge in [0.1, 0.15) is 5.75 Å². The largest absolute Gasteiger partial charge is 0.508 e. The number of rotatable bonds is 12. The predicted molar refractivity (Wildman–Crippen MR) is 93.0 cm³/mol. The molecule has 0 aliphatic carbocycles. The Kier molecular flexibility index (Phi) is 10.0. The van der Waals surface area contributed by atoms with Crippen LogP contribution in [0.4, 0.5) is 0 Å². The summed E-state index contributed by atoms with van der Waals surface area (Å²) in [6, 6.07) is 7.88. The van der Waals surface area contributed by atoms with Crippen LogP contribution in [0.2, 0.25) is 0 Å². The number of unbranched alkanes of at least 4 members (excludes halogenated alkanes) is 7. The molecule has 0 aliphatic rings. The van der Waals surface area contributed by atoms with Gasteiger partial charge >= 0.3 is 0 Å². The molecular weight excluding hydrogens is 256 g/mol. The zero-order chi connectivity index (χ0) is 15.3. The normalized spacial score (nSPS) is 12.5. The molecule has 0 saturated heterocycles.